The van der Waals surface area contributed by atoms with E-state index in [4.69, 9.17) is 5.26 Å². The van der Waals surface area contributed by atoms with E-state index in [2.05, 4.69) is 0 Å². The van der Waals surface area contributed by atoms with E-state index in [1.54, 1.807) is 44.3 Å². The zero-order chi connectivity index (χ0) is 14.7. The molecule has 100 valence electrons. The summed E-state index contributed by atoms with van der Waals surface area (Å²) in [6.45, 7) is 1.76. The molecule has 4 heteroatoms. The van der Waals surface area contributed by atoms with Gasteiger partial charge in [0.1, 0.15) is 5.82 Å². The largest absolute Gasteiger partial charge is 0.311 e. The molecule has 0 aliphatic rings. The van der Waals surface area contributed by atoms with Gasteiger partial charge in [-0.2, -0.15) is 5.26 Å². The van der Waals surface area contributed by atoms with Crippen LogP contribution in [-0.2, 0) is 0 Å². The summed E-state index contributed by atoms with van der Waals surface area (Å²) in [6.07, 6.45) is 0. The number of nitriles is 1. The van der Waals surface area contributed by atoms with Crippen molar-refractivity contribution in [3.8, 4) is 6.07 Å². The van der Waals surface area contributed by atoms with Crippen LogP contribution < -0.4 is 4.90 Å². The lowest BCUT2D eigenvalue weighted by atomic mass is 10.1. The third kappa shape index (κ3) is 2.67. The van der Waals surface area contributed by atoms with Crippen LogP contribution in [0.15, 0.2) is 42.5 Å². The van der Waals surface area contributed by atoms with Crippen LogP contribution in [0.3, 0.4) is 0 Å². The Bertz CT molecular complexity index is 687. The van der Waals surface area contributed by atoms with Crippen LogP contribution in [0.2, 0.25) is 0 Å². The Hall–Kier alpha value is -2.67. The van der Waals surface area contributed by atoms with Crippen molar-refractivity contribution in [3.05, 3.63) is 65.0 Å². The topological polar surface area (TPSA) is 44.1 Å². The molecule has 20 heavy (non-hydrogen) atoms. The third-order valence-corrected chi connectivity index (χ3v) is 3.12. The molecule has 0 N–H and O–H groups in total. The first-order chi connectivity index (χ1) is 9.52. The molecule has 0 aliphatic carbocycles. The Kier molecular flexibility index (Phi) is 3.81. The number of hydrogen-bond acceptors (Lipinski definition) is 2. The summed E-state index contributed by atoms with van der Waals surface area (Å²) in [5.41, 5.74) is 2.22. The molecule has 3 nitrogen and oxygen atoms in total. The van der Waals surface area contributed by atoms with Crippen molar-refractivity contribution in [1.29, 1.82) is 5.26 Å². The van der Waals surface area contributed by atoms with Crippen molar-refractivity contribution in [1.82, 2.24) is 0 Å². The summed E-state index contributed by atoms with van der Waals surface area (Å²) < 4.78 is 13.3. The highest BCUT2D eigenvalue weighted by Gasteiger charge is 2.16. The fourth-order valence-corrected chi connectivity index (χ4v) is 1.88. The molecule has 0 fully saturated rings. The molecular weight excluding hydrogens is 255 g/mol. The minimum Gasteiger partial charge on any atom is -0.311 e. The maximum absolute atomic E-state index is 13.3. The number of aryl methyl sites for hydroxylation is 1. The van der Waals surface area contributed by atoms with E-state index in [0.29, 0.717) is 16.8 Å². The van der Waals surface area contributed by atoms with Crippen molar-refractivity contribution < 1.29 is 9.18 Å². The SMILES string of the molecule is Cc1ccc(F)cc1C(=O)N(C)c1ccc(C#N)cc1. The van der Waals surface area contributed by atoms with Gasteiger partial charge >= 0.3 is 0 Å². The smallest absolute Gasteiger partial charge is 0.258 e. The number of benzene rings is 2. The molecule has 0 bridgehead atoms. The van der Waals surface area contributed by atoms with Crippen molar-refractivity contribution in [2.45, 2.75) is 6.92 Å². The first-order valence-corrected chi connectivity index (χ1v) is 6.07. The maximum atomic E-state index is 13.3. The second-order valence-electron chi connectivity index (χ2n) is 4.48. The lowest BCUT2D eigenvalue weighted by Crippen LogP contribution is -2.27. The van der Waals surface area contributed by atoms with E-state index in [0.717, 1.165) is 5.56 Å². The Morgan fingerprint density at radius 3 is 2.45 bits per heavy atom. The lowest BCUT2D eigenvalue weighted by molar-refractivity contribution is 0.0992. The predicted molar refractivity (Wildman–Crippen MR) is 75.0 cm³/mol. The Labute approximate surface area is 116 Å². The predicted octanol–water partition coefficient (Wildman–Crippen LogP) is 3.28. The number of anilines is 1. The van der Waals surface area contributed by atoms with E-state index in [1.807, 2.05) is 6.07 Å². The molecule has 1 amide bonds. The number of amides is 1. The molecule has 0 saturated heterocycles. The second kappa shape index (κ2) is 5.54. The standard InChI is InChI=1S/C16H13FN2O/c1-11-3-6-13(17)9-15(11)16(20)19(2)14-7-4-12(10-18)5-8-14/h3-9H,1-2H3. The van der Waals surface area contributed by atoms with Crippen LogP contribution in [0.5, 0.6) is 0 Å². The van der Waals surface area contributed by atoms with Crippen LogP contribution in [0.4, 0.5) is 10.1 Å². The van der Waals surface area contributed by atoms with Crippen LogP contribution >= 0.6 is 0 Å². The summed E-state index contributed by atoms with van der Waals surface area (Å²) in [4.78, 5) is 13.8. The minimum absolute atomic E-state index is 0.285. The molecule has 2 aromatic rings. The lowest BCUT2D eigenvalue weighted by Gasteiger charge is -2.18. The summed E-state index contributed by atoms with van der Waals surface area (Å²) in [5, 5.41) is 8.75. The Balaban J connectivity index is 2.32. The van der Waals surface area contributed by atoms with E-state index in [1.165, 1.54) is 17.0 Å². The first kappa shape index (κ1) is 13.8. The first-order valence-electron chi connectivity index (χ1n) is 6.07. The second-order valence-corrected chi connectivity index (χ2v) is 4.48. The van der Waals surface area contributed by atoms with Gasteiger partial charge in [-0.1, -0.05) is 6.07 Å². The van der Waals surface area contributed by atoms with Crippen LogP contribution in [0, 0.1) is 24.1 Å². The van der Waals surface area contributed by atoms with E-state index in [-0.39, 0.29) is 5.91 Å². The molecule has 0 aliphatic heterocycles. The van der Waals surface area contributed by atoms with Crippen molar-refractivity contribution in [3.63, 3.8) is 0 Å². The highest BCUT2D eigenvalue weighted by Crippen LogP contribution is 2.18. The quantitative estimate of drug-likeness (QED) is 0.839. The van der Waals surface area contributed by atoms with Crippen LogP contribution in [0.25, 0.3) is 0 Å². The third-order valence-electron chi connectivity index (χ3n) is 3.12. The van der Waals surface area contributed by atoms with Crippen molar-refractivity contribution >= 4 is 11.6 Å². The summed E-state index contributed by atoms with van der Waals surface area (Å²) in [6, 6.07) is 12.8. The highest BCUT2D eigenvalue weighted by molar-refractivity contribution is 6.06. The van der Waals surface area contributed by atoms with Gasteiger partial charge in [0.05, 0.1) is 11.6 Å². The van der Waals surface area contributed by atoms with E-state index in [9.17, 15) is 9.18 Å². The summed E-state index contributed by atoms with van der Waals surface area (Å²) in [7, 11) is 1.62. The Morgan fingerprint density at radius 2 is 1.85 bits per heavy atom. The molecule has 0 atom stereocenters. The van der Waals surface area contributed by atoms with Gasteiger partial charge in [0.25, 0.3) is 5.91 Å². The van der Waals surface area contributed by atoms with Crippen LogP contribution in [0.1, 0.15) is 21.5 Å². The Morgan fingerprint density at radius 1 is 1.20 bits per heavy atom. The molecule has 0 spiro atoms. The molecule has 2 rings (SSSR count). The number of nitrogens with zero attached hydrogens (tertiary/aromatic N) is 2. The number of hydrogen-bond donors (Lipinski definition) is 0. The number of carbonyl (C=O) groups is 1. The fourth-order valence-electron chi connectivity index (χ4n) is 1.88. The molecule has 2 aromatic carbocycles. The van der Waals surface area contributed by atoms with Gasteiger partial charge < -0.3 is 4.90 Å². The molecule has 0 saturated carbocycles. The normalized spacial score (nSPS) is 9.90. The summed E-state index contributed by atoms with van der Waals surface area (Å²) in [5.74, 6) is -0.723. The zero-order valence-corrected chi connectivity index (χ0v) is 11.2. The zero-order valence-electron chi connectivity index (χ0n) is 11.2. The number of rotatable bonds is 2. The molecule has 0 unspecified atom stereocenters. The molecule has 0 radical (unpaired) electrons. The number of carbonyl (C=O) groups excluding carboxylic acids is 1. The van der Waals surface area contributed by atoms with E-state index >= 15 is 0 Å². The van der Waals surface area contributed by atoms with Gasteiger partial charge in [-0.3, -0.25) is 4.79 Å². The van der Waals surface area contributed by atoms with Gasteiger partial charge in [-0.25, -0.2) is 4.39 Å². The monoisotopic (exact) mass is 268 g/mol. The average molecular weight is 268 g/mol. The minimum atomic E-state index is -0.438. The van der Waals surface area contributed by atoms with Gasteiger partial charge in [0.15, 0.2) is 0 Å². The van der Waals surface area contributed by atoms with E-state index < -0.39 is 5.82 Å². The van der Waals surface area contributed by atoms with Crippen LogP contribution in [-0.4, -0.2) is 13.0 Å². The van der Waals surface area contributed by atoms with Gasteiger partial charge in [0, 0.05) is 18.3 Å². The van der Waals surface area contributed by atoms with Gasteiger partial charge in [-0.15, -0.1) is 0 Å². The average Bonchev–Trinajstić information content (AvgIpc) is 2.48. The number of halogens is 1. The van der Waals surface area contributed by atoms with Gasteiger partial charge in [-0.05, 0) is 48.9 Å². The molecule has 0 aromatic heterocycles. The van der Waals surface area contributed by atoms with Crippen molar-refractivity contribution in [2.75, 3.05) is 11.9 Å². The van der Waals surface area contributed by atoms with Gasteiger partial charge in [0.2, 0.25) is 0 Å². The highest BCUT2D eigenvalue weighted by atomic mass is 19.1. The fraction of sp³-hybridized carbons (Fsp3) is 0.125. The maximum Gasteiger partial charge on any atom is 0.258 e. The van der Waals surface area contributed by atoms with Crippen molar-refractivity contribution in [2.24, 2.45) is 0 Å². The molecular formula is C16H13FN2O. The summed E-state index contributed by atoms with van der Waals surface area (Å²) >= 11 is 0. The molecule has 0 heterocycles.